The third-order valence-electron chi connectivity index (χ3n) is 7.17. The normalized spacial score (nSPS) is 20.9. The summed E-state index contributed by atoms with van der Waals surface area (Å²) in [4.78, 5) is 15.5. The smallest absolute Gasteiger partial charge is 0.257 e. The van der Waals surface area contributed by atoms with E-state index in [4.69, 9.17) is 4.74 Å². The molecular formula is C28H31N3O3. The van der Waals surface area contributed by atoms with Gasteiger partial charge in [-0.2, -0.15) is 0 Å². The van der Waals surface area contributed by atoms with Gasteiger partial charge in [-0.15, -0.1) is 0 Å². The SMILES string of the molecule is C=CC=C(Cc1cc2c(c3ccccc13)NCN(C1CCOCC1O)C2=O)c1ccn(C)c1C. The van der Waals surface area contributed by atoms with Gasteiger partial charge in [-0.3, -0.25) is 4.79 Å². The van der Waals surface area contributed by atoms with Crippen LogP contribution in [0.3, 0.4) is 0 Å². The van der Waals surface area contributed by atoms with E-state index in [1.807, 2.05) is 31.3 Å². The predicted octanol–water partition coefficient (Wildman–Crippen LogP) is 4.27. The lowest BCUT2D eigenvalue weighted by molar-refractivity contribution is -0.0563. The number of carbonyl (C=O) groups is 1. The minimum Gasteiger partial charge on any atom is -0.389 e. The van der Waals surface area contributed by atoms with Gasteiger partial charge in [-0.25, -0.2) is 0 Å². The van der Waals surface area contributed by atoms with Crippen molar-refractivity contribution in [3.8, 4) is 0 Å². The quantitative estimate of drug-likeness (QED) is 0.562. The molecule has 6 heteroatoms. The summed E-state index contributed by atoms with van der Waals surface area (Å²) in [6.45, 7) is 7.23. The second kappa shape index (κ2) is 9.12. The van der Waals surface area contributed by atoms with Gasteiger partial charge < -0.3 is 24.6 Å². The second-order valence-electron chi connectivity index (χ2n) is 9.14. The molecular weight excluding hydrogens is 426 g/mol. The first-order valence-corrected chi connectivity index (χ1v) is 11.8. The van der Waals surface area contributed by atoms with Crippen molar-refractivity contribution in [1.82, 2.24) is 9.47 Å². The van der Waals surface area contributed by atoms with Crippen LogP contribution in [0, 0.1) is 6.92 Å². The first kappa shape index (κ1) is 22.4. The van der Waals surface area contributed by atoms with E-state index < -0.39 is 6.10 Å². The number of nitrogens with zero attached hydrogens (tertiary/aromatic N) is 2. The zero-order valence-electron chi connectivity index (χ0n) is 19.8. The molecule has 2 aromatic carbocycles. The van der Waals surface area contributed by atoms with Crippen molar-refractivity contribution in [1.29, 1.82) is 0 Å². The highest BCUT2D eigenvalue weighted by molar-refractivity contribution is 6.11. The molecule has 6 nitrogen and oxygen atoms in total. The molecule has 3 heterocycles. The number of nitrogens with one attached hydrogen (secondary N) is 1. The van der Waals surface area contributed by atoms with Gasteiger partial charge in [-0.1, -0.05) is 43.0 Å². The topological polar surface area (TPSA) is 66.7 Å². The molecule has 0 radical (unpaired) electrons. The van der Waals surface area contributed by atoms with Crippen LogP contribution in [0.25, 0.3) is 16.3 Å². The van der Waals surface area contributed by atoms with Crippen molar-refractivity contribution in [2.24, 2.45) is 7.05 Å². The lowest BCUT2D eigenvalue weighted by Gasteiger charge is -2.40. The van der Waals surface area contributed by atoms with E-state index in [1.54, 1.807) is 4.90 Å². The van der Waals surface area contributed by atoms with Crippen LogP contribution < -0.4 is 5.32 Å². The Labute approximate surface area is 200 Å². The first-order valence-electron chi connectivity index (χ1n) is 11.8. The summed E-state index contributed by atoms with van der Waals surface area (Å²) in [6.07, 6.45) is 6.58. The summed E-state index contributed by atoms with van der Waals surface area (Å²) < 4.78 is 7.49. The van der Waals surface area contributed by atoms with Gasteiger partial charge in [0.25, 0.3) is 5.91 Å². The highest BCUT2D eigenvalue weighted by atomic mass is 16.5. The van der Waals surface area contributed by atoms with Crippen LogP contribution in [0.4, 0.5) is 5.69 Å². The van der Waals surface area contributed by atoms with Gasteiger partial charge in [0, 0.05) is 30.9 Å². The number of allylic oxidation sites excluding steroid dienone is 3. The maximum absolute atomic E-state index is 13.7. The number of aliphatic hydroxyl groups excluding tert-OH is 1. The van der Waals surface area contributed by atoms with Crippen molar-refractivity contribution >= 4 is 27.9 Å². The Morgan fingerprint density at radius 3 is 2.79 bits per heavy atom. The Kier molecular flexibility index (Phi) is 6.02. The fourth-order valence-electron chi connectivity index (χ4n) is 5.23. The fraction of sp³-hybridized carbons (Fsp3) is 0.321. The maximum atomic E-state index is 13.7. The lowest BCUT2D eigenvalue weighted by Crippen LogP contribution is -2.54. The Morgan fingerprint density at radius 1 is 1.29 bits per heavy atom. The number of rotatable bonds is 5. The van der Waals surface area contributed by atoms with E-state index in [1.165, 1.54) is 11.3 Å². The summed E-state index contributed by atoms with van der Waals surface area (Å²) in [5.41, 5.74) is 6.14. The minimum absolute atomic E-state index is 0.0446. The minimum atomic E-state index is -0.677. The van der Waals surface area contributed by atoms with E-state index in [2.05, 4.69) is 53.9 Å². The van der Waals surface area contributed by atoms with Crippen molar-refractivity contribution in [3.05, 3.63) is 83.7 Å². The van der Waals surface area contributed by atoms with Gasteiger partial charge in [0.15, 0.2) is 0 Å². The van der Waals surface area contributed by atoms with Gasteiger partial charge in [0.05, 0.1) is 36.7 Å². The molecule has 1 saturated heterocycles. The molecule has 176 valence electrons. The molecule has 2 unspecified atom stereocenters. The first-order chi connectivity index (χ1) is 16.5. The Hall–Kier alpha value is -3.35. The van der Waals surface area contributed by atoms with Crippen LogP contribution in [-0.2, 0) is 18.2 Å². The number of anilines is 1. The Balaban J connectivity index is 1.59. The molecule has 2 atom stereocenters. The van der Waals surface area contributed by atoms with Crippen LogP contribution in [-0.4, -0.2) is 52.5 Å². The molecule has 3 aromatic rings. The summed E-state index contributed by atoms with van der Waals surface area (Å²) in [5.74, 6) is -0.0446. The zero-order valence-corrected chi connectivity index (χ0v) is 19.8. The monoisotopic (exact) mass is 457 g/mol. The third-order valence-corrected chi connectivity index (χ3v) is 7.17. The average molecular weight is 458 g/mol. The molecule has 1 amide bonds. The number of aromatic nitrogens is 1. The molecule has 0 spiro atoms. The number of benzene rings is 2. The highest BCUT2D eigenvalue weighted by Gasteiger charge is 2.36. The lowest BCUT2D eigenvalue weighted by atomic mass is 9.90. The summed E-state index contributed by atoms with van der Waals surface area (Å²) >= 11 is 0. The third kappa shape index (κ3) is 3.83. The van der Waals surface area contributed by atoms with E-state index in [-0.39, 0.29) is 18.6 Å². The fourth-order valence-corrected chi connectivity index (χ4v) is 5.23. The van der Waals surface area contributed by atoms with Crippen molar-refractivity contribution in [2.45, 2.75) is 31.9 Å². The number of ether oxygens (including phenoxy) is 1. The molecule has 2 aliphatic rings. The molecule has 34 heavy (non-hydrogen) atoms. The molecule has 0 bridgehead atoms. The van der Waals surface area contributed by atoms with E-state index in [9.17, 15) is 9.90 Å². The van der Waals surface area contributed by atoms with Crippen LogP contribution >= 0.6 is 0 Å². The second-order valence-corrected chi connectivity index (χ2v) is 9.14. The van der Waals surface area contributed by atoms with E-state index in [0.29, 0.717) is 31.7 Å². The Morgan fingerprint density at radius 2 is 2.09 bits per heavy atom. The Bertz CT molecular complexity index is 1290. The number of amides is 1. The largest absolute Gasteiger partial charge is 0.389 e. The van der Waals surface area contributed by atoms with E-state index in [0.717, 1.165) is 27.6 Å². The number of carbonyl (C=O) groups excluding carboxylic acids is 1. The van der Waals surface area contributed by atoms with E-state index >= 15 is 0 Å². The van der Waals surface area contributed by atoms with Gasteiger partial charge in [-0.05, 0) is 54.0 Å². The molecule has 1 aromatic heterocycles. The summed E-state index contributed by atoms with van der Waals surface area (Å²) in [5, 5.41) is 16.1. The molecule has 1 fully saturated rings. The molecule has 2 aliphatic heterocycles. The van der Waals surface area contributed by atoms with Crippen LogP contribution in [0.5, 0.6) is 0 Å². The van der Waals surface area contributed by atoms with Gasteiger partial charge in [0.2, 0.25) is 0 Å². The standard InChI is InChI=1S/C28H31N3O3/c1-4-7-19(21-10-12-30(3)18(21)2)14-20-15-24-27(23-9-6-5-8-22(20)23)29-17-31(28(24)33)25-11-13-34-16-26(25)32/h4-10,12,15,25-26,29,32H,1,11,13-14,16-17H2,2-3H3. The number of fused-ring (bicyclic) bond motifs is 3. The highest BCUT2D eigenvalue weighted by Crippen LogP contribution is 2.37. The van der Waals surface area contributed by atoms with Crippen LogP contribution in [0.15, 0.2) is 61.3 Å². The summed E-state index contributed by atoms with van der Waals surface area (Å²) in [7, 11) is 2.04. The van der Waals surface area contributed by atoms with Crippen molar-refractivity contribution in [2.75, 3.05) is 25.2 Å². The number of aryl methyl sites for hydroxylation is 1. The molecule has 2 N–H and O–H groups in total. The number of hydrogen-bond acceptors (Lipinski definition) is 4. The number of aliphatic hydroxyl groups is 1. The molecule has 0 aliphatic carbocycles. The van der Waals surface area contributed by atoms with Crippen molar-refractivity contribution < 1.29 is 14.6 Å². The van der Waals surface area contributed by atoms with Crippen LogP contribution in [0.1, 0.15) is 33.6 Å². The maximum Gasteiger partial charge on any atom is 0.257 e. The number of hydrogen-bond donors (Lipinski definition) is 2. The average Bonchev–Trinajstić information content (AvgIpc) is 3.18. The van der Waals surface area contributed by atoms with Gasteiger partial charge in [0.1, 0.15) is 0 Å². The zero-order chi connectivity index (χ0) is 23.8. The molecule has 5 rings (SSSR count). The molecule has 0 saturated carbocycles. The van der Waals surface area contributed by atoms with Gasteiger partial charge >= 0.3 is 0 Å². The summed E-state index contributed by atoms with van der Waals surface area (Å²) in [6, 6.07) is 12.1. The van der Waals surface area contributed by atoms with Crippen molar-refractivity contribution in [3.63, 3.8) is 0 Å². The predicted molar refractivity (Wildman–Crippen MR) is 136 cm³/mol. The van der Waals surface area contributed by atoms with Crippen LogP contribution in [0.2, 0.25) is 0 Å².